The highest BCUT2D eigenvalue weighted by Crippen LogP contribution is 2.42. The molecule has 134 valence electrons. The molecule has 27 heavy (non-hydrogen) atoms. The van der Waals surface area contributed by atoms with E-state index in [1.54, 1.807) is 23.5 Å². The van der Waals surface area contributed by atoms with Crippen LogP contribution in [0, 0.1) is 0 Å². The summed E-state index contributed by atoms with van der Waals surface area (Å²) < 4.78 is 11.9. The zero-order valence-electron chi connectivity index (χ0n) is 14.6. The number of hydrogen-bond donors (Lipinski definition) is 0. The normalized spacial score (nSPS) is 17.3. The molecule has 0 N–H and O–H groups in total. The van der Waals surface area contributed by atoms with Crippen molar-refractivity contribution in [2.45, 2.75) is 13.1 Å². The Hall–Kier alpha value is -2.89. The first-order valence-electron chi connectivity index (χ1n) is 8.80. The Kier molecular flexibility index (Phi) is 4.03. The molecule has 0 atom stereocenters. The summed E-state index contributed by atoms with van der Waals surface area (Å²) in [5.74, 6) is 1.72. The molecule has 0 saturated carbocycles. The number of allylic oxidation sites excluding steroid dienone is 1. The highest BCUT2D eigenvalue weighted by Gasteiger charge is 2.33. The predicted octanol–water partition coefficient (Wildman–Crippen LogP) is 4.72. The summed E-state index contributed by atoms with van der Waals surface area (Å²) in [5, 5.41) is 2.08. The monoisotopic (exact) mass is 375 g/mol. The van der Waals surface area contributed by atoms with E-state index in [4.69, 9.17) is 9.47 Å². The topological polar surface area (TPSA) is 38.8 Å². The van der Waals surface area contributed by atoms with Gasteiger partial charge in [0, 0.05) is 18.0 Å². The zero-order chi connectivity index (χ0) is 18.2. The lowest BCUT2D eigenvalue weighted by Crippen LogP contribution is -2.31. The van der Waals surface area contributed by atoms with Gasteiger partial charge in [-0.25, -0.2) is 0 Å². The van der Waals surface area contributed by atoms with Crippen LogP contribution >= 0.6 is 11.3 Å². The summed E-state index contributed by atoms with van der Waals surface area (Å²) in [7, 11) is 0. The van der Waals surface area contributed by atoms with Gasteiger partial charge in [0.2, 0.25) is 5.78 Å². The summed E-state index contributed by atoms with van der Waals surface area (Å²) >= 11 is 1.73. The molecule has 3 aromatic rings. The van der Waals surface area contributed by atoms with Gasteiger partial charge in [-0.2, -0.15) is 0 Å². The van der Waals surface area contributed by atoms with Gasteiger partial charge < -0.3 is 9.47 Å². The minimum Gasteiger partial charge on any atom is -0.478 e. The fourth-order valence-electron chi connectivity index (χ4n) is 3.43. The van der Waals surface area contributed by atoms with Gasteiger partial charge in [-0.15, -0.1) is 11.3 Å². The summed E-state index contributed by atoms with van der Waals surface area (Å²) in [6, 6.07) is 17.6. The maximum Gasteiger partial charge on any atom is 0.231 e. The molecule has 0 fully saturated rings. The van der Waals surface area contributed by atoms with Crippen LogP contribution < -0.4 is 9.47 Å². The third-order valence-corrected chi connectivity index (χ3v) is 5.60. The fraction of sp³-hybridized carbons (Fsp3) is 0.136. The van der Waals surface area contributed by atoms with E-state index in [0.29, 0.717) is 30.3 Å². The van der Waals surface area contributed by atoms with Crippen molar-refractivity contribution in [2.24, 2.45) is 0 Å². The number of nitrogens with zero attached hydrogens (tertiary/aromatic N) is 1. The maximum absolute atomic E-state index is 12.8. The van der Waals surface area contributed by atoms with Gasteiger partial charge in [-0.1, -0.05) is 36.4 Å². The van der Waals surface area contributed by atoms with E-state index in [9.17, 15) is 4.79 Å². The number of ketones is 1. The van der Waals surface area contributed by atoms with Gasteiger partial charge in [-0.05, 0) is 35.2 Å². The van der Waals surface area contributed by atoms with Crippen LogP contribution in [0.1, 0.15) is 26.4 Å². The lowest BCUT2D eigenvalue weighted by molar-refractivity contribution is 0.0882. The van der Waals surface area contributed by atoms with Crippen molar-refractivity contribution in [1.29, 1.82) is 0 Å². The quantitative estimate of drug-likeness (QED) is 0.621. The second-order valence-electron chi connectivity index (χ2n) is 6.61. The van der Waals surface area contributed by atoms with Crippen molar-refractivity contribution < 1.29 is 14.3 Å². The summed E-state index contributed by atoms with van der Waals surface area (Å²) in [5.41, 5.74) is 2.50. The number of carbonyl (C=O) groups excluding carboxylic acids is 1. The van der Waals surface area contributed by atoms with Crippen LogP contribution in [-0.4, -0.2) is 17.4 Å². The molecule has 2 aliphatic rings. The number of rotatable bonds is 3. The van der Waals surface area contributed by atoms with E-state index in [1.807, 2.05) is 36.4 Å². The van der Waals surface area contributed by atoms with Gasteiger partial charge in [0.1, 0.15) is 18.2 Å². The van der Waals surface area contributed by atoms with E-state index >= 15 is 0 Å². The Morgan fingerprint density at radius 3 is 2.78 bits per heavy atom. The molecular formula is C22H17NO3S. The third kappa shape index (κ3) is 3.05. The molecule has 0 unspecified atom stereocenters. The predicted molar refractivity (Wildman–Crippen MR) is 105 cm³/mol. The Balaban J connectivity index is 1.45. The molecule has 0 aliphatic carbocycles. The van der Waals surface area contributed by atoms with E-state index in [2.05, 4.69) is 22.4 Å². The van der Waals surface area contributed by atoms with E-state index in [-0.39, 0.29) is 5.78 Å². The van der Waals surface area contributed by atoms with Gasteiger partial charge in [0.05, 0.1) is 11.1 Å². The van der Waals surface area contributed by atoms with Gasteiger partial charge >= 0.3 is 0 Å². The number of hydrogen-bond acceptors (Lipinski definition) is 5. The van der Waals surface area contributed by atoms with Crippen molar-refractivity contribution in [1.82, 2.24) is 4.90 Å². The lowest BCUT2D eigenvalue weighted by Gasteiger charge is -2.29. The molecule has 2 aromatic carbocycles. The van der Waals surface area contributed by atoms with Crippen molar-refractivity contribution in [3.8, 4) is 11.5 Å². The Labute approximate surface area is 161 Å². The molecule has 0 saturated heterocycles. The highest BCUT2D eigenvalue weighted by molar-refractivity contribution is 7.09. The average molecular weight is 375 g/mol. The molecule has 5 rings (SSSR count). The van der Waals surface area contributed by atoms with Crippen molar-refractivity contribution in [3.63, 3.8) is 0 Å². The molecule has 1 aromatic heterocycles. The SMILES string of the molecule is O=C1C(=Cc2ccccc2)Oc2c1ccc1c2CN(Cc2cccs2)CO1. The molecule has 4 nitrogen and oxygen atoms in total. The number of thiophene rings is 1. The number of ether oxygens (including phenoxy) is 2. The Morgan fingerprint density at radius 1 is 1.07 bits per heavy atom. The second kappa shape index (κ2) is 6.68. The van der Waals surface area contributed by atoms with Crippen LogP contribution in [0.25, 0.3) is 6.08 Å². The highest BCUT2D eigenvalue weighted by atomic mass is 32.1. The molecular weight excluding hydrogens is 358 g/mol. The molecule has 5 heteroatoms. The first kappa shape index (κ1) is 16.3. The van der Waals surface area contributed by atoms with Crippen LogP contribution in [0.5, 0.6) is 11.5 Å². The van der Waals surface area contributed by atoms with E-state index < -0.39 is 0 Å². The summed E-state index contributed by atoms with van der Waals surface area (Å²) in [4.78, 5) is 16.3. The molecule has 0 radical (unpaired) electrons. The molecule has 0 bridgehead atoms. The zero-order valence-corrected chi connectivity index (χ0v) is 15.4. The molecule has 0 amide bonds. The number of fused-ring (bicyclic) bond motifs is 3. The number of benzene rings is 2. The third-order valence-electron chi connectivity index (χ3n) is 4.74. The van der Waals surface area contributed by atoms with Crippen LogP contribution in [0.15, 0.2) is 65.7 Å². The van der Waals surface area contributed by atoms with E-state index in [0.717, 1.165) is 23.4 Å². The Morgan fingerprint density at radius 2 is 1.96 bits per heavy atom. The van der Waals surface area contributed by atoms with Crippen LogP contribution in [0.2, 0.25) is 0 Å². The molecule has 3 heterocycles. The maximum atomic E-state index is 12.8. The number of Topliss-reactive ketones (excluding diaryl/α,β-unsaturated/α-hetero) is 1. The van der Waals surface area contributed by atoms with E-state index in [1.165, 1.54) is 4.88 Å². The van der Waals surface area contributed by atoms with Crippen molar-refractivity contribution in [3.05, 3.63) is 87.3 Å². The second-order valence-corrected chi connectivity index (χ2v) is 7.64. The van der Waals surface area contributed by atoms with Crippen LogP contribution in [-0.2, 0) is 13.1 Å². The summed E-state index contributed by atoms with van der Waals surface area (Å²) in [6.45, 7) is 2.05. The largest absolute Gasteiger partial charge is 0.478 e. The molecule has 2 aliphatic heterocycles. The van der Waals surface area contributed by atoms with Crippen molar-refractivity contribution in [2.75, 3.05) is 6.73 Å². The standard InChI is InChI=1S/C22H17NO3S/c24-21-17-8-9-19-18(13-23(14-25-19)12-16-7-4-10-27-16)22(17)26-20(21)11-15-5-2-1-3-6-15/h1-11H,12-14H2. The van der Waals surface area contributed by atoms with Gasteiger partial charge in [-0.3, -0.25) is 9.69 Å². The van der Waals surface area contributed by atoms with Crippen LogP contribution in [0.3, 0.4) is 0 Å². The van der Waals surface area contributed by atoms with Gasteiger partial charge in [0.15, 0.2) is 5.76 Å². The minimum absolute atomic E-state index is 0.0768. The number of carbonyl (C=O) groups is 1. The lowest BCUT2D eigenvalue weighted by atomic mass is 10.0. The van der Waals surface area contributed by atoms with Crippen LogP contribution in [0.4, 0.5) is 0 Å². The smallest absolute Gasteiger partial charge is 0.231 e. The summed E-state index contributed by atoms with van der Waals surface area (Å²) in [6.07, 6.45) is 1.79. The van der Waals surface area contributed by atoms with Crippen molar-refractivity contribution >= 4 is 23.2 Å². The minimum atomic E-state index is -0.0768. The Bertz CT molecular complexity index is 1030. The average Bonchev–Trinajstić information content (AvgIpc) is 3.31. The first-order chi connectivity index (χ1) is 13.3. The first-order valence-corrected chi connectivity index (χ1v) is 9.68. The van der Waals surface area contributed by atoms with Gasteiger partial charge in [0.25, 0.3) is 0 Å². The molecule has 0 spiro atoms. The fourth-order valence-corrected chi connectivity index (χ4v) is 4.18.